The van der Waals surface area contributed by atoms with Crippen molar-refractivity contribution >= 4 is 46.6 Å². The van der Waals surface area contributed by atoms with Crippen LogP contribution in [0.5, 0.6) is 0 Å². The van der Waals surface area contributed by atoms with Gasteiger partial charge in [-0.25, -0.2) is 23.5 Å². The molecule has 4 aromatic rings. The molecular formula is C42H49F2N11O5. The molecule has 1 atom stereocenters. The summed E-state index contributed by atoms with van der Waals surface area (Å²) >= 11 is 0. The number of piperazine rings is 1. The number of hydrogen-bond acceptors (Lipinski definition) is 11. The molecule has 16 nitrogen and oxygen atoms in total. The minimum atomic E-state index is -2.88. The first-order chi connectivity index (χ1) is 29.1. The van der Waals surface area contributed by atoms with Crippen molar-refractivity contribution in [3.8, 4) is 11.5 Å². The highest BCUT2D eigenvalue weighted by atomic mass is 19.3. The molecule has 5 fully saturated rings. The van der Waals surface area contributed by atoms with Gasteiger partial charge in [0.25, 0.3) is 12.3 Å². The van der Waals surface area contributed by atoms with Crippen molar-refractivity contribution in [2.45, 2.75) is 69.9 Å². The third-order valence-corrected chi connectivity index (χ3v) is 12.5. The van der Waals surface area contributed by atoms with Crippen LogP contribution in [-0.2, 0) is 9.59 Å². The minimum absolute atomic E-state index is 0.0379. The predicted octanol–water partition coefficient (Wildman–Crippen LogP) is 5.55. The van der Waals surface area contributed by atoms with Gasteiger partial charge in [0.2, 0.25) is 17.7 Å². The van der Waals surface area contributed by atoms with E-state index in [-0.39, 0.29) is 47.5 Å². The molecule has 316 valence electrons. The lowest BCUT2D eigenvalue weighted by atomic mass is 9.90. The van der Waals surface area contributed by atoms with Crippen molar-refractivity contribution in [1.82, 2.24) is 34.9 Å². The van der Waals surface area contributed by atoms with Gasteiger partial charge in [-0.3, -0.25) is 34.2 Å². The first-order valence-corrected chi connectivity index (χ1v) is 21.0. The lowest BCUT2D eigenvalue weighted by molar-refractivity contribution is -0.137. The van der Waals surface area contributed by atoms with Crippen LogP contribution in [0.25, 0.3) is 11.5 Å². The molecule has 6 heterocycles. The zero-order valence-electron chi connectivity index (χ0n) is 33.3. The van der Waals surface area contributed by atoms with E-state index < -0.39 is 24.1 Å². The van der Waals surface area contributed by atoms with Crippen LogP contribution in [0, 0.1) is 11.8 Å². The standard InChI is InChI=1S/C42H49F2N11O5/c43-38(44)37-33(47-39(57)34-25-60-40(48-34)27-11-14-45-35(21-27)46-22-26-1-2-26)24-55(50-37)32-9-5-29(6-10-32)51-17-19-52(20-18-51)41(58)28-12-15-53(23-28)30-3-7-31(8-4-30)54-16-13-36(56)49-42(54)59/h3-4,7-8,11,14,21,24-26,28-29,32,38H,1-2,5-6,9-10,12-13,15-20,22-23H2,(H,45,46)(H,47,57)(H,49,56,59)/t28-,29?,32?/m1/s1. The van der Waals surface area contributed by atoms with Gasteiger partial charge < -0.3 is 24.9 Å². The molecular weight excluding hydrogens is 777 g/mol. The molecule has 5 aliphatic rings. The van der Waals surface area contributed by atoms with E-state index in [0.29, 0.717) is 49.5 Å². The highest BCUT2D eigenvalue weighted by molar-refractivity contribution is 6.05. The van der Waals surface area contributed by atoms with Gasteiger partial charge in [0.05, 0.1) is 17.6 Å². The number of halogens is 2. The lowest BCUT2D eigenvalue weighted by Crippen LogP contribution is -2.53. The first kappa shape index (κ1) is 39.5. The molecule has 3 saturated heterocycles. The van der Waals surface area contributed by atoms with E-state index >= 15 is 0 Å². The van der Waals surface area contributed by atoms with Crippen LogP contribution in [-0.4, -0.2) is 112 Å². The van der Waals surface area contributed by atoms with E-state index in [2.05, 4.69) is 40.8 Å². The number of rotatable bonds is 12. The Hall–Kier alpha value is -5.91. The van der Waals surface area contributed by atoms with Gasteiger partial charge in [0, 0.05) is 94.2 Å². The number of pyridine rings is 1. The van der Waals surface area contributed by atoms with Gasteiger partial charge in [-0.1, -0.05) is 0 Å². The van der Waals surface area contributed by atoms with Crippen LogP contribution < -0.4 is 25.8 Å². The molecule has 18 heteroatoms. The molecule has 3 aliphatic heterocycles. The quantitative estimate of drug-likeness (QED) is 0.164. The van der Waals surface area contributed by atoms with E-state index in [1.807, 2.05) is 29.2 Å². The summed E-state index contributed by atoms with van der Waals surface area (Å²) in [4.78, 5) is 67.4. The van der Waals surface area contributed by atoms with Crippen LogP contribution in [0.2, 0.25) is 0 Å². The Kier molecular flexibility index (Phi) is 11.2. The Morgan fingerprint density at radius 2 is 1.65 bits per heavy atom. The van der Waals surface area contributed by atoms with E-state index in [9.17, 15) is 28.0 Å². The molecule has 9 rings (SSSR count). The SMILES string of the molecule is O=C1CCN(c2ccc(N3CC[C@@H](C(=O)N4CCN(C5CCC(n6cc(NC(=O)c7coc(-c8ccnc(NCC9CC9)c8)n7)c(C(F)F)n6)CC5)CC4)C3)cc2)C(=O)N1. The van der Waals surface area contributed by atoms with E-state index in [0.717, 1.165) is 69.7 Å². The summed E-state index contributed by atoms with van der Waals surface area (Å²) in [6, 6.07) is 11.0. The third kappa shape index (κ3) is 8.69. The molecule has 1 aromatic carbocycles. The highest BCUT2D eigenvalue weighted by Crippen LogP contribution is 2.36. The first-order valence-electron chi connectivity index (χ1n) is 21.0. The Bertz CT molecular complexity index is 2210. The second kappa shape index (κ2) is 17.0. The fourth-order valence-electron chi connectivity index (χ4n) is 8.88. The van der Waals surface area contributed by atoms with Crippen molar-refractivity contribution in [1.29, 1.82) is 0 Å². The molecule has 0 bridgehead atoms. The number of amides is 5. The van der Waals surface area contributed by atoms with Gasteiger partial charge >= 0.3 is 6.03 Å². The number of carbonyl (C=O) groups excluding carboxylic acids is 4. The molecule has 0 spiro atoms. The molecule has 2 saturated carbocycles. The second-order valence-electron chi connectivity index (χ2n) is 16.5. The highest BCUT2D eigenvalue weighted by Gasteiger charge is 2.36. The Balaban J connectivity index is 0.737. The Labute approximate surface area is 345 Å². The van der Waals surface area contributed by atoms with Gasteiger partial charge in [-0.05, 0) is 87.3 Å². The summed E-state index contributed by atoms with van der Waals surface area (Å²) in [5.41, 5.74) is 1.79. The summed E-state index contributed by atoms with van der Waals surface area (Å²) < 4.78 is 35.5. The number of imide groups is 1. The number of anilines is 4. The van der Waals surface area contributed by atoms with Crippen LogP contribution >= 0.6 is 0 Å². The maximum Gasteiger partial charge on any atom is 0.328 e. The van der Waals surface area contributed by atoms with Crippen molar-refractivity contribution in [3.05, 3.63) is 66.4 Å². The summed E-state index contributed by atoms with van der Waals surface area (Å²) in [6.45, 7) is 5.50. The number of aromatic nitrogens is 4. The van der Waals surface area contributed by atoms with Crippen molar-refractivity contribution < 1.29 is 32.4 Å². The number of alkyl halides is 2. The number of nitrogens with one attached hydrogen (secondary N) is 3. The van der Waals surface area contributed by atoms with Crippen molar-refractivity contribution in [2.24, 2.45) is 11.8 Å². The van der Waals surface area contributed by atoms with E-state index in [1.165, 1.54) is 25.3 Å². The van der Waals surface area contributed by atoms with Gasteiger partial charge in [0.1, 0.15) is 12.1 Å². The molecule has 3 aromatic heterocycles. The monoisotopic (exact) mass is 825 g/mol. The summed E-state index contributed by atoms with van der Waals surface area (Å²) in [7, 11) is 0. The molecule has 2 aliphatic carbocycles. The van der Waals surface area contributed by atoms with Crippen LogP contribution in [0.4, 0.5) is 36.5 Å². The number of carbonyl (C=O) groups is 4. The Morgan fingerprint density at radius 3 is 2.38 bits per heavy atom. The lowest BCUT2D eigenvalue weighted by Gasteiger charge is -2.42. The average Bonchev–Trinajstić information content (AvgIpc) is 3.59. The smallest absolute Gasteiger partial charge is 0.328 e. The normalized spacial score (nSPS) is 22.6. The Morgan fingerprint density at radius 1 is 0.900 bits per heavy atom. The maximum atomic E-state index is 14.2. The zero-order chi connectivity index (χ0) is 41.3. The van der Waals surface area contributed by atoms with Crippen molar-refractivity contribution in [3.63, 3.8) is 0 Å². The number of urea groups is 1. The van der Waals surface area contributed by atoms with Gasteiger partial charge in [-0.15, -0.1) is 0 Å². The number of oxazole rings is 1. The fraction of sp³-hybridized carbons (Fsp3) is 0.500. The third-order valence-electron chi connectivity index (χ3n) is 12.5. The number of hydrogen-bond donors (Lipinski definition) is 3. The largest absolute Gasteiger partial charge is 0.444 e. The average molecular weight is 826 g/mol. The predicted molar refractivity (Wildman–Crippen MR) is 218 cm³/mol. The van der Waals surface area contributed by atoms with Crippen LogP contribution in [0.3, 0.4) is 0 Å². The van der Waals surface area contributed by atoms with E-state index in [4.69, 9.17) is 4.42 Å². The summed E-state index contributed by atoms with van der Waals surface area (Å²) in [6.07, 6.45) is 8.17. The van der Waals surface area contributed by atoms with Crippen LogP contribution in [0.15, 0.2) is 59.5 Å². The number of nitrogens with zero attached hydrogens (tertiary/aromatic N) is 8. The molecule has 3 N–H and O–H groups in total. The van der Waals surface area contributed by atoms with Crippen LogP contribution in [0.1, 0.15) is 80.0 Å². The topological polar surface area (TPSA) is 174 Å². The molecule has 0 radical (unpaired) electrons. The minimum Gasteiger partial charge on any atom is -0.444 e. The van der Waals surface area contributed by atoms with Gasteiger partial charge in [0.15, 0.2) is 11.4 Å². The molecule has 0 unspecified atom stereocenters. The summed E-state index contributed by atoms with van der Waals surface area (Å²) in [5, 5.41) is 12.5. The second-order valence-corrected chi connectivity index (χ2v) is 16.5. The number of benzene rings is 1. The fourth-order valence-corrected chi connectivity index (χ4v) is 8.88. The van der Waals surface area contributed by atoms with E-state index in [1.54, 1.807) is 27.9 Å². The summed E-state index contributed by atoms with van der Waals surface area (Å²) in [5.74, 6) is 0.743. The van der Waals surface area contributed by atoms with Crippen molar-refractivity contribution in [2.75, 3.05) is 72.8 Å². The molecule has 5 amide bonds. The van der Waals surface area contributed by atoms with Gasteiger partial charge in [-0.2, -0.15) is 5.10 Å². The zero-order valence-corrected chi connectivity index (χ0v) is 33.3. The maximum absolute atomic E-state index is 14.2. The molecule has 60 heavy (non-hydrogen) atoms.